The lowest BCUT2D eigenvalue weighted by molar-refractivity contribution is 0.359. The fourth-order valence-corrected chi connectivity index (χ4v) is 4.66. The SMILES string of the molecule is C=C1c2ccccc2[C@@](CC)(Nc2ccccc2)[C@H]1CCc1ccccc1. The van der Waals surface area contributed by atoms with Crippen molar-refractivity contribution in [3.05, 3.63) is 108 Å². The average molecular weight is 354 g/mol. The molecule has 0 amide bonds. The molecule has 1 aliphatic carbocycles. The second kappa shape index (κ2) is 7.44. The summed E-state index contributed by atoms with van der Waals surface area (Å²) in [7, 11) is 0. The van der Waals surface area contributed by atoms with Crippen LogP contribution in [0, 0.1) is 5.92 Å². The van der Waals surface area contributed by atoms with Crippen LogP contribution in [0.2, 0.25) is 0 Å². The molecule has 1 heteroatoms. The monoisotopic (exact) mass is 353 g/mol. The van der Waals surface area contributed by atoms with Crippen molar-refractivity contribution in [2.24, 2.45) is 5.92 Å². The molecule has 0 spiro atoms. The molecule has 0 aliphatic heterocycles. The van der Waals surface area contributed by atoms with E-state index < -0.39 is 0 Å². The lowest BCUT2D eigenvalue weighted by atomic mass is 9.77. The molecule has 136 valence electrons. The van der Waals surface area contributed by atoms with Gasteiger partial charge in [0.1, 0.15) is 0 Å². The molecule has 0 aromatic heterocycles. The summed E-state index contributed by atoms with van der Waals surface area (Å²) in [4.78, 5) is 0. The topological polar surface area (TPSA) is 12.0 Å². The maximum Gasteiger partial charge on any atom is 0.0696 e. The highest BCUT2D eigenvalue weighted by atomic mass is 15.0. The van der Waals surface area contributed by atoms with Crippen molar-refractivity contribution in [2.75, 3.05) is 5.32 Å². The third-order valence-corrected chi connectivity index (χ3v) is 6.03. The fourth-order valence-electron chi connectivity index (χ4n) is 4.66. The minimum absolute atomic E-state index is 0.107. The minimum atomic E-state index is -0.107. The second-order valence-corrected chi connectivity index (χ2v) is 7.46. The van der Waals surface area contributed by atoms with E-state index in [1.165, 1.54) is 28.0 Å². The molecule has 3 aromatic rings. The maximum absolute atomic E-state index is 4.53. The summed E-state index contributed by atoms with van der Waals surface area (Å²) in [6, 6.07) is 30.2. The standard InChI is InChI=1S/C26H27N/c1-3-26(27-22-14-8-5-9-15-22)24(19-18-21-12-6-4-7-13-21)20(2)23-16-10-11-17-25(23)26/h4-17,24,27H,2-3,18-19H2,1H3/t24-,26-/m0/s1. The summed E-state index contributed by atoms with van der Waals surface area (Å²) in [5.41, 5.74) is 6.44. The van der Waals surface area contributed by atoms with Gasteiger partial charge in [-0.25, -0.2) is 0 Å². The van der Waals surface area contributed by atoms with Crippen molar-refractivity contribution in [1.29, 1.82) is 0 Å². The molecule has 0 saturated heterocycles. The first-order valence-corrected chi connectivity index (χ1v) is 9.90. The number of fused-ring (bicyclic) bond motifs is 1. The van der Waals surface area contributed by atoms with E-state index in [9.17, 15) is 0 Å². The van der Waals surface area contributed by atoms with E-state index in [-0.39, 0.29) is 5.54 Å². The molecule has 4 rings (SSSR count). The molecule has 0 radical (unpaired) electrons. The summed E-state index contributed by atoms with van der Waals surface area (Å²) in [6.07, 6.45) is 3.18. The number of nitrogens with one attached hydrogen (secondary N) is 1. The van der Waals surface area contributed by atoms with Crippen molar-refractivity contribution in [2.45, 2.75) is 31.7 Å². The molecule has 0 bridgehead atoms. The van der Waals surface area contributed by atoms with Crippen LogP contribution in [0.3, 0.4) is 0 Å². The quantitative estimate of drug-likeness (QED) is 0.521. The highest BCUT2D eigenvalue weighted by Crippen LogP contribution is 2.53. The Bertz CT molecular complexity index is 913. The van der Waals surface area contributed by atoms with E-state index in [0.717, 1.165) is 19.3 Å². The van der Waals surface area contributed by atoms with Gasteiger partial charge in [-0.05, 0) is 53.7 Å². The summed E-state index contributed by atoms with van der Waals surface area (Å²) in [5, 5.41) is 3.92. The van der Waals surface area contributed by atoms with Gasteiger partial charge in [-0.15, -0.1) is 0 Å². The molecule has 0 saturated carbocycles. The van der Waals surface area contributed by atoms with E-state index >= 15 is 0 Å². The summed E-state index contributed by atoms with van der Waals surface area (Å²) < 4.78 is 0. The van der Waals surface area contributed by atoms with Gasteiger partial charge in [0, 0.05) is 11.6 Å². The predicted molar refractivity (Wildman–Crippen MR) is 116 cm³/mol. The summed E-state index contributed by atoms with van der Waals surface area (Å²) in [6.45, 7) is 6.83. The molecular weight excluding hydrogens is 326 g/mol. The van der Waals surface area contributed by atoms with Gasteiger partial charge >= 0.3 is 0 Å². The number of para-hydroxylation sites is 1. The second-order valence-electron chi connectivity index (χ2n) is 7.46. The Morgan fingerprint density at radius 1 is 0.852 bits per heavy atom. The molecule has 1 N–H and O–H groups in total. The van der Waals surface area contributed by atoms with Gasteiger partial charge < -0.3 is 5.32 Å². The van der Waals surface area contributed by atoms with Gasteiger partial charge in [-0.3, -0.25) is 0 Å². The Morgan fingerprint density at radius 3 is 2.19 bits per heavy atom. The van der Waals surface area contributed by atoms with Crippen LogP contribution in [-0.2, 0) is 12.0 Å². The van der Waals surface area contributed by atoms with Crippen LogP contribution in [0.15, 0.2) is 91.5 Å². The van der Waals surface area contributed by atoms with E-state index in [1.807, 2.05) is 0 Å². The van der Waals surface area contributed by atoms with Crippen LogP contribution in [0.25, 0.3) is 5.57 Å². The normalized spacial score (nSPS) is 21.1. The number of benzene rings is 3. The number of rotatable bonds is 6. The zero-order chi connectivity index (χ0) is 18.7. The smallest absolute Gasteiger partial charge is 0.0696 e. The van der Waals surface area contributed by atoms with Crippen LogP contribution in [-0.4, -0.2) is 0 Å². The molecule has 3 aromatic carbocycles. The number of aryl methyl sites for hydroxylation is 1. The summed E-state index contributed by atoms with van der Waals surface area (Å²) in [5.74, 6) is 0.375. The van der Waals surface area contributed by atoms with Crippen LogP contribution < -0.4 is 5.32 Å². The van der Waals surface area contributed by atoms with Crippen molar-refractivity contribution in [3.63, 3.8) is 0 Å². The molecule has 0 unspecified atom stereocenters. The van der Waals surface area contributed by atoms with Crippen LogP contribution in [0.4, 0.5) is 5.69 Å². The first-order chi connectivity index (χ1) is 13.2. The molecule has 1 nitrogen and oxygen atoms in total. The third kappa shape index (κ3) is 3.19. The van der Waals surface area contributed by atoms with Crippen molar-refractivity contribution in [3.8, 4) is 0 Å². The van der Waals surface area contributed by atoms with Crippen molar-refractivity contribution >= 4 is 11.3 Å². The van der Waals surface area contributed by atoms with Gasteiger partial charge in [-0.2, -0.15) is 0 Å². The number of anilines is 1. The number of hydrogen-bond acceptors (Lipinski definition) is 1. The molecule has 0 fully saturated rings. The van der Waals surface area contributed by atoms with Crippen LogP contribution in [0.5, 0.6) is 0 Å². The Balaban J connectivity index is 1.72. The van der Waals surface area contributed by atoms with Crippen molar-refractivity contribution in [1.82, 2.24) is 0 Å². The van der Waals surface area contributed by atoms with Crippen LogP contribution in [0.1, 0.15) is 36.5 Å². The third-order valence-electron chi connectivity index (χ3n) is 6.03. The lowest BCUT2D eigenvalue weighted by Crippen LogP contribution is -2.39. The van der Waals surface area contributed by atoms with Gasteiger partial charge in [0.25, 0.3) is 0 Å². The van der Waals surface area contributed by atoms with E-state index in [4.69, 9.17) is 0 Å². The molecular formula is C26H27N. The first kappa shape index (κ1) is 17.6. The van der Waals surface area contributed by atoms with E-state index in [1.54, 1.807) is 0 Å². The fraction of sp³-hybridized carbons (Fsp3) is 0.231. The maximum atomic E-state index is 4.53. The predicted octanol–water partition coefficient (Wildman–Crippen LogP) is 6.68. The van der Waals surface area contributed by atoms with E-state index in [0.29, 0.717) is 5.92 Å². The molecule has 27 heavy (non-hydrogen) atoms. The molecule has 1 aliphatic rings. The van der Waals surface area contributed by atoms with Crippen molar-refractivity contribution < 1.29 is 0 Å². The van der Waals surface area contributed by atoms with Crippen LogP contribution >= 0.6 is 0 Å². The van der Waals surface area contributed by atoms with Gasteiger partial charge in [0.2, 0.25) is 0 Å². The minimum Gasteiger partial charge on any atom is -0.375 e. The van der Waals surface area contributed by atoms with E-state index in [2.05, 4.69) is 104 Å². The van der Waals surface area contributed by atoms with Gasteiger partial charge in [0.15, 0.2) is 0 Å². The largest absolute Gasteiger partial charge is 0.375 e. The summed E-state index contributed by atoms with van der Waals surface area (Å²) >= 11 is 0. The average Bonchev–Trinajstić information content (AvgIpc) is 2.96. The zero-order valence-corrected chi connectivity index (χ0v) is 16.0. The van der Waals surface area contributed by atoms with Gasteiger partial charge in [0.05, 0.1) is 5.54 Å². The Morgan fingerprint density at radius 2 is 1.48 bits per heavy atom. The highest BCUT2D eigenvalue weighted by molar-refractivity contribution is 5.78. The highest BCUT2D eigenvalue weighted by Gasteiger charge is 2.47. The zero-order valence-electron chi connectivity index (χ0n) is 16.0. The number of hydrogen-bond donors (Lipinski definition) is 1. The Hall–Kier alpha value is -2.80. The first-order valence-electron chi connectivity index (χ1n) is 9.90. The molecule has 2 atom stereocenters. The lowest BCUT2D eigenvalue weighted by Gasteiger charge is -2.38. The van der Waals surface area contributed by atoms with Gasteiger partial charge in [-0.1, -0.05) is 86.3 Å². The molecule has 0 heterocycles. The Labute approximate surface area is 162 Å². The Kier molecular flexibility index (Phi) is 4.85.